The third-order valence-electron chi connectivity index (χ3n) is 3.68. The first-order valence-corrected chi connectivity index (χ1v) is 6.18. The quantitative estimate of drug-likeness (QED) is 0.770. The highest BCUT2D eigenvalue weighted by Crippen LogP contribution is 2.44. The van der Waals surface area contributed by atoms with E-state index in [0.29, 0.717) is 26.1 Å². The Morgan fingerprint density at radius 2 is 2.06 bits per heavy atom. The number of carbonyl (C=O) groups is 1. The van der Waals surface area contributed by atoms with E-state index in [1.54, 1.807) is 20.8 Å². The lowest BCUT2D eigenvalue weighted by atomic mass is 9.67. The fourth-order valence-corrected chi connectivity index (χ4v) is 2.37. The predicted octanol–water partition coefficient (Wildman–Crippen LogP) is 1.90. The molecule has 1 rings (SSSR count). The van der Waals surface area contributed by atoms with Crippen LogP contribution in [0.3, 0.4) is 0 Å². The molecule has 0 aliphatic carbocycles. The highest BCUT2D eigenvalue weighted by atomic mass is 16.5. The maximum absolute atomic E-state index is 12.0. The molecule has 4 heteroatoms. The van der Waals surface area contributed by atoms with Gasteiger partial charge in [-0.1, -0.05) is 0 Å². The molecule has 0 aromatic rings. The fourth-order valence-electron chi connectivity index (χ4n) is 2.37. The van der Waals surface area contributed by atoms with Crippen LogP contribution in [0.5, 0.6) is 0 Å². The van der Waals surface area contributed by atoms with Crippen molar-refractivity contribution in [3.8, 4) is 0 Å². The van der Waals surface area contributed by atoms with E-state index in [9.17, 15) is 9.90 Å². The molecule has 1 saturated heterocycles. The maximum Gasteiger partial charge on any atom is 0.314 e. The van der Waals surface area contributed by atoms with Crippen molar-refractivity contribution in [3.05, 3.63) is 0 Å². The number of hydrogen-bond donors (Lipinski definition) is 1. The van der Waals surface area contributed by atoms with Gasteiger partial charge in [-0.2, -0.15) is 0 Å². The summed E-state index contributed by atoms with van der Waals surface area (Å²) in [5, 5.41) is 10.8. The normalized spacial score (nSPS) is 28.8. The van der Waals surface area contributed by atoms with Gasteiger partial charge in [-0.15, -0.1) is 0 Å². The number of esters is 1. The lowest BCUT2D eigenvalue weighted by molar-refractivity contribution is -0.204. The van der Waals surface area contributed by atoms with Crippen LogP contribution in [-0.4, -0.2) is 35.5 Å². The smallest absolute Gasteiger partial charge is 0.314 e. The minimum atomic E-state index is -1.07. The van der Waals surface area contributed by atoms with Crippen molar-refractivity contribution in [2.24, 2.45) is 5.41 Å². The summed E-state index contributed by atoms with van der Waals surface area (Å²) in [4.78, 5) is 12.0. The highest BCUT2D eigenvalue weighted by molar-refractivity contribution is 5.77. The SMILES string of the molecule is CCOC(=O)C(C)(C)C1(O)CCOC(C)(C)C1. The van der Waals surface area contributed by atoms with Gasteiger partial charge in [0.2, 0.25) is 0 Å². The zero-order valence-electron chi connectivity index (χ0n) is 11.5. The van der Waals surface area contributed by atoms with Gasteiger partial charge in [-0.3, -0.25) is 4.79 Å². The van der Waals surface area contributed by atoms with E-state index >= 15 is 0 Å². The van der Waals surface area contributed by atoms with Gasteiger partial charge in [0, 0.05) is 12.8 Å². The number of aliphatic hydroxyl groups is 1. The van der Waals surface area contributed by atoms with Gasteiger partial charge in [0.25, 0.3) is 0 Å². The largest absolute Gasteiger partial charge is 0.465 e. The number of ether oxygens (including phenoxy) is 2. The van der Waals surface area contributed by atoms with E-state index in [2.05, 4.69) is 0 Å². The Bertz CT molecular complexity index is 296. The molecule has 1 fully saturated rings. The maximum atomic E-state index is 12.0. The van der Waals surface area contributed by atoms with E-state index in [0.717, 1.165) is 0 Å². The Hall–Kier alpha value is -0.610. The zero-order valence-corrected chi connectivity index (χ0v) is 11.5. The molecule has 0 radical (unpaired) electrons. The standard InChI is InChI=1S/C13H24O4/c1-6-16-10(14)12(4,5)13(15)7-8-17-11(2,3)9-13/h15H,6-9H2,1-5H3. The molecular weight excluding hydrogens is 220 g/mol. The molecule has 0 spiro atoms. The molecule has 17 heavy (non-hydrogen) atoms. The lowest BCUT2D eigenvalue weighted by Gasteiger charge is -2.48. The van der Waals surface area contributed by atoms with E-state index < -0.39 is 16.6 Å². The van der Waals surface area contributed by atoms with Crippen LogP contribution in [0.15, 0.2) is 0 Å². The van der Waals surface area contributed by atoms with E-state index in [1.165, 1.54) is 0 Å². The predicted molar refractivity (Wildman–Crippen MR) is 64.6 cm³/mol. The number of carbonyl (C=O) groups excluding carboxylic acids is 1. The minimum Gasteiger partial charge on any atom is -0.465 e. The first-order chi connectivity index (χ1) is 7.65. The molecule has 1 atom stereocenters. The average Bonchev–Trinajstić information content (AvgIpc) is 2.15. The average molecular weight is 244 g/mol. The first-order valence-electron chi connectivity index (χ1n) is 6.18. The van der Waals surface area contributed by atoms with Crippen molar-refractivity contribution in [2.75, 3.05) is 13.2 Å². The Kier molecular flexibility index (Phi) is 3.89. The molecule has 100 valence electrons. The van der Waals surface area contributed by atoms with Crippen molar-refractivity contribution in [1.82, 2.24) is 0 Å². The molecule has 1 heterocycles. The van der Waals surface area contributed by atoms with Crippen molar-refractivity contribution in [3.63, 3.8) is 0 Å². The fraction of sp³-hybridized carbons (Fsp3) is 0.923. The molecule has 0 aromatic carbocycles. The molecule has 4 nitrogen and oxygen atoms in total. The Morgan fingerprint density at radius 1 is 1.47 bits per heavy atom. The van der Waals surface area contributed by atoms with Crippen LogP contribution in [0.2, 0.25) is 0 Å². The van der Waals surface area contributed by atoms with Crippen LogP contribution in [-0.2, 0) is 14.3 Å². The number of hydrogen-bond acceptors (Lipinski definition) is 4. The summed E-state index contributed by atoms with van der Waals surface area (Å²) in [5.74, 6) is -0.347. The first kappa shape index (κ1) is 14.5. The summed E-state index contributed by atoms with van der Waals surface area (Å²) in [6.45, 7) is 9.91. The Labute approximate surface area is 103 Å². The summed E-state index contributed by atoms with van der Waals surface area (Å²) < 4.78 is 10.6. The van der Waals surface area contributed by atoms with Crippen LogP contribution < -0.4 is 0 Å². The lowest BCUT2D eigenvalue weighted by Crippen LogP contribution is -2.57. The van der Waals surface area contributed by atoms with Gasteiger partial charge < -0.3 is 14.6 Å². The van der Waals surface area contributed by atoms with Crippen molar-refractivity contribution in [1.29, 1.82) is 0 Å². The Morgan fingerprint density at radius 3 is 2.53 bits per heavy atom. The van der Waals surface area contributed by atoms with Crippen LogP contribution in [0.1, 0.15) is 47.5 Å². The van der Waals surface area contributed by atoms with Gasteiger partial charge in [0.05, 0.1) is 29.8 Å². The summed E-state index contributed by atoms with van der Waals surface area (Å²) >= 11 is 0. The summed E-state index contributed by atoms with van der Waals surface area (Å²) in [6.07, 6.45) is 0.897. The summed E-state index contributed by atoms with van der Waals surface area (Å²) in [7, 11) is 0. The van der Waals surface area contributed by atoms with Crippen molar-refractivity contribution >= 4 is 5.97 Å². The van der Waals surface area contributed by atoms with Crippen molar-refractivity contribution in [2.45, 2.75) is 58.7 Å². The van der Waals surface area contributed by atoms with Crippen LogP contribution in [0.4, 0.5) is 0 Å². The molecule has 1 N–H and O–H groups in total. The van der Waals surface area contributed by atoms with Gasteiger partial charge in [-0.25, -0.2) is 0 Å². The van der Waals surface area contributed by atoms with Crippen LogP contribution in [0, 0.1) is 5.41 Å². The topological polar surface area (TPSA) is 55.8 Å². The number of rotatable bonds is 3. The van der Waals surface area contributed by atoms with Crippen molar-refractivity contribution < 1.29 is 19.4 Å². The minimum absolute atomic E-state index is 0.332. The zero-order chi connectivity index (χ0) is 13.3. The molecule has 1 unspecified atom stereocenters. The second kappa shape index (κ2) is 4.58. The molecule has 0 bridgehead atoms. The Balaban J connectivity index is 2.91. The molecule has 0 saturated carbocycles. The molecule has 1 aliphatic heterocycles. The third-order valence-corrected chi connectivity index (χ3v) is 3.68. The summed E-state index contributed by atoms with van der Waals surface area (Å²) in [5.41, 5.74) is -2.39. The molecular formula is C13H24O4. The van der Waals surface area contributed by atoms with Gasteiger partial charge in [0.1, 0.15) is 0 Å². The van der Waals surface area contributed by atoms with Crippen LogP contribution in [0.25, 0.3) is 0 Å². The van der Waals surface area contributed by atoms with Gasteiger partial charge in [-0.05, 0) is 34.6 Å². The highest BCUT2D eigenvalue weighted by Gasteiger charge is 2.54. The van der Waals surface area contributed by atoms with E-state index in [4.69, 9.17) is 9.47 Å². The van der Waals surface area contributed by atoms with Gasteiger partial charge in [0.15, 0.2) is 0 Å². The van der Waals surface area contributed by atoms with Gasteiger partial charge >= 0.3 is 5.97 Å². The third kappa shape index (κ3) is 2.80. The van der Waals surface area contributed by atoms with E-state index in [1.807, 2.05) is 13.8 Å². The summed E-state index contributed by atoms with van der Waals surface area (Å²) in [6, 6.07) is 0. The van der Waals surface area contributed by atoms with Crippen LogP contribution >= 0.6 is 0 Å². The second-order valence-electron chi connectivity index (χ2n) is 5.91. The molecule has 0 amide bonds. The molecule has 0 aromatic heterocycles. The van der Waals surface area contributed by atoms with E-state index in [-0.39, 0.29) is 5.97 Å². The molecule has 1 aliphatic rings. The second-order valence-corrected chi connectivity index (χ2v) is 5.91. The monoisotopic (exact) mass is 244 g/mol.